The number of allylic oxidation sites excluding steroid dienone is 3. The van der Waals surface area contributed by atoms with Crippen molar-refractivity contribution < 1.29 is 67.6 Å². The van der Waals surface area contributed by atoms with Gasteiger partial charge >= 0.3 is 5.97 Å². The molecule has 2 aromatic heterocycles. The van der Waals surface area contributed by atoms with Crippen LogP contribution in [0.5, 0.6) is 0 Å². The molecule has 2 aromatic rings. The highest BCUT2D eigenvalue weighted by molar-refractivity contribution is 7.15. The molecule has 3 N–H and O–H groups in total. The maximum atomic E-state index is 14.5. The molecule has 0 aromatic carbocycles. The van der Waals surface area contributed by atoms with Crippen LogP contribution in [-0.4, -0.2) is 176 Å². The summed E-state index contributed by atoms with van der Waals surface area (Å²) in [5.41, 5.74) is 2.14. The Morgan fingerprint density at radius 2 is 1.70 bits per heavy atom. The summed E-state index contributed by atoms with van der Waals surface area (Å²) in [6.07, 6.45) is 3.89. The molecular formula is C51H76N4O14S. The minimum Gasteiger partial charge on any atom is -0.462 e. The van der Waals surface area contributed by atoms with Gasteiger partial charge in [0, 0.05) is 66.3 Å². The van der Waals surface area contributed by atoms with Crippen LogP contribution >= 0.6 is 11.3 Å². The number of cyclic esters (lactones) is 1. The van der Waals surface area contributed by atoms with E-state index in [4.69, 9.17) is 42.7 Å². The average Bonchev–Trinajstić information content (AvgIpc) is 3.82. The molecule has 16 atom stereocenters. The van der Waals surface area contributed by atoms with Crippen LogP contribution in [0.4, 0.5) is 0 Å². The van der Waals surface area contributed by atoms with Gasteiger partial charge in [0.25, 0.3) is 0 Å². The number of hydrogen-bond acceptors (Lipinski definition) is 19. The number of fused-ring (bicyclic) bond motifs is 3. The van der Waals surface area contributed by atoms with Gasteiger partial charge in [0.15, 0.2) is 18.7 Å². The summed E-state index contributed by atoms with van der Waals surface area (Å²) >= 11 is 1.54. The van der Waals surface area contributed by atoms with Gasteiger partial charge in [-0.2, -0.15) is 0 Å². The van der Waals surface area contributed by atoms with E-state index in [0.29, 0.717) is 37.8 Å². The lowest BCUT2D eigenvalue weighted by molar-refractivity contribution is -0.305. The Morgan fingerprint density at radius 3 is 2.41 bits per heavy atom. The summed E-state index contributed by atoms with van der Waals surface area (Å²) in [5, 5.41) is 38.0. The maximum absolute atomic E-state index is 14.5. The number of carbonyl (C=O) groups excluding carboxylic acids is 2. The van der Waals surface area contributed by atoms with Crippen LogP contribution in [0.3, 0.4) is 0 Å². The van der Waals surface area contributed by atoms with Crippen molar-refractivity contribution in [2.45, 2.75) is 153 Å². The Bertz CT molecular complexity index is 2040. The molecule has 18 nitrogen and oxygen atoms in total. The summed E-state index contributed by atoms with van der Waals surface area (Å²) in [5.74, 6) is -2.42. The Labute approximate surface area is 416 Å². The van der Waals surface area contributed by atoms with Crippen LogP contribution in [0.2, 0.25) is 0 Å². The molecule has 19 heteroatoms. The SMILES string of the molecule is CC[C@H]1OC(=O)C[C@H]2OC/C(=N/OCc3ccc(-c4cncnc4)s3)COCCC(C[C@@H](C)C(=O)/C=C/C(C)=C/[C@@H]1CO[C@@H]1CC[C@@H](O)[C@@H](OC)[C@H]1OC)[C@H](O[C@@H]1O[C@H](C)[C@@H](O)[C@H](N(C)C)[C@H]1O)[C@H]2C. The third-order valence-electron chi connectivity index (χ3n) is 14.1. The van der Waals surface area contributed by atoms with Crippen molar-refractivity contribution >= 4 is 28.8 Å². The molecule has 0 radical (unpaired) electrons. The molecule has 390 valence electrons. The molecule has 3 aliphatic heterocycles. The topological polar surface area (TPSA) is 219 Å². The minimum absolute atomic E-state index is 0.0558. The smallest absolute Gasteiger partial charge is 0.308 e. The van der Waals surface area contributed by atoms with Gasteiger partial charge in [0.2, 0.25) is 0 Å². The number of thiophene rings is 1. The number of ketones is 1. The van der Waals surface area contributed by atoms with Gasteiger partial charge in [-0.15, -0.1) is 11.3 Å². The van der Waals surface area contributed by atoms with E-state index in [0.717, 1.165) is 20.9 Å². The summed E-state index contributed by atoms with van der Waals surface area (Å²) < 4.78 is 50.4. The largest absolute Gasteiger partial charge is 0.462 e. The number of esters is 1. The number of rotatable bonds is 13. The van der Waals surface area contributed by atoms with E-state index in [1.807, 2.05) is 45.9 Å². The van der Waals surface area contributed by atoms with Gasteiger partial charge in [0.1, 0.15) is 36.5 Å². The lowest BCUT2D eigenvalue weighted by Crippen LogP contribution is -2.63. The zero-order valence-electron chi connectivity index (χ0n) is 42.2. The number of likely N-dealkylation sites (N-methyl/N-ethyl adjacent to an activating group) is 1. The van der Waals surface area contributed by atoms with Gasteiger partial charge in [-0.25, -0.2) is 9.97 Å². The minimum atomic E-state index is -1.25. The first-order chi connectivity index (χ1) is 33.6. The van der Waals surface area contributed by atoms with Crippen LogP contribution in [0, 0.1) is 23.7 Å². The quantitative estimate of drug-likeness (QED) is 0.179. The first kappa shape index (κ1) is 55.7. The molecule has 1 aliphatic carbocycles. The van der Waals surface area contributed by atoms with Crippen molar-refractivity contribution in [3.63, 3.8) is 0 Å². The Morgan fingerprint density at radius 1 is 0.943 bits per heavy atom. The van der Waals surface area contributed by atoms with Crippen LogP contribution < -0.4 is 0 Å². The normalized spacial score (nSPS) is 37.3. The molecule has 70 heavy (non-hydrogen) atoms. The van der Waals surface area contributed by atoms with Crippen molar-refractivity contribution in [1.29, 1.82) is 0 Å². The fourth-order valence-corrected chi connectivity index (χ4v) is 11.0. The van der Waals surface area contributed by atoms with E-state index in [-0.39, 0.29) is 51.2 Å². The van der Waals surface area contributed by atoms with Crippen molar-refractivity contribution in [1.82, 2.24) is 14.9 Å². The number of aromatic nitrogens is 2. The third-order valence-corrected chi connectivity index (χ3v) is 15.2. The summed E-state index contributed by atoms with van der Waals surface area (Å²) in [6, 6.07) is 3.24. The molecule has 0 spiro atoms. The van der Waals surface area contributed by atoms with Gasteiger partial charge in [0.05, 0.1) is 68.9 Å². The predicted octanol–water partition coefficient (Wildman–Crippen LogP) is 4.93. The monoisotopic (exact) mass is 1000 g/mol. The first-order valence-corrected chi connectivity index (χ1v) is 25.4. The van der Waals surface area contributed by atoms with Gasteiger partial charge in [-0.1, -0.05) is 43.7 Å². The van der Waals surface area contributed by atoms with E-state index >= 15 is 0 Å². The highest BCUT2D eigenvalue weighted by atomic mass is 32.1. The highest BCUT2D eigenvalue weighted by Crippen LogP contribution is 2.36. The molecule has 1 saturated carbocycles. The van der Waals surface area contributed by atoms with E-state index in [2.05, 4.69) is 15.1 Å². The molecule has 0 amide bonds. The van der Waals surface area contributed by atoms with Crippen molar-refractivity contribution in [3.8, 4) is 10.4 Å². The lowest BCUT2D eigenvalue weighted by atomic mass is 9.79. The number of nitrogens with zero attached hydrogens (tertiary/aromatic N) is 4. The Balaban J connectivity index is 1.32. The maximum Gasteiger partial charge on any atom is 0.308 e. The highest BCUT2D eigenvalue weighted by Gasteiger charge is 2.48. The average molecular weight is 1000 g/mol. The molecule has 2 saturated heterocycles. The van der Waals surface area contributed by atoms with Crippen molar-refractivity contribution in [2.24, 2.45) is 28.8 Å². The van der Waals surface area contributed by atoms with Crippen LogP contribution in [0.25, 0.3) is 10.4 Å². The van der Waals surface area contributed by atoms with Crippen molar-refractivity contribution in [2.75, 3.05) is 54.7 Å². The van der Waals surface area contributed by atoms with Gasteiger partial charge in [-0.3, -0.25) is 9.59 Å². The van der Waals surface area contributed by atoms with Crippen LogP contribution in [0.15, 0.2) is 59.8 Å². The summed E-state index contributed by atoms with van der Waals surface area (Å²) in [4.78, 5) is 46.4. The first-order valence-electron chi connectivity index (χ1n) is 24.6. The second-order valence-electron chi connectivity index (χ2n) is 19.4. The number of hydrogen-bond donors (Lipinski definition) is 3. The molecule has 3 fully saturated rings. The van der Waals surface area contributed by atoms with E-state index in [1.165, 1.54) is 13.4 Å². The number of carbonyl (C=O) groups is 2. The van der Waals surface area contributed by atoms with Crippen LogP contribution in [-0.2, 0) is 58.9 Å². The van der Waals surface area contributed by atoms with Crippen molar-refractivity contribution in [3.05, 3.63) is 59.5 Å². The van der Waals surface area contributed by atoms with E-state index in [1.54, 1.807) is 68.9 Å². The fourth-order valence-electron chi connectivity index (χ4n) is 10.1. The van der Waals surface area contributed by atoms with Gasteiger partial charge < -0.3 is 63.0 Å². The predicted molar refractivity (Wildman–Crippen MR) is 261 cm³/mol. The molecule has 2 bridgehead atoms. The fraction of sp³-hybridized carbons (Fsp3) is 0.706. The van der Waals surface area contributed by atoms with E-state index in [9.17, 15) is 24.9 Å². The van der Waals surface area contributed by atoms with E-state index < -0.39 is 97.1 Å². The number of aliphatic hydroxyl groups excluding tert-OH is 3. The molecule has 4 aliphatic rings. The zero-order valence-corrected chi connectivity index (χ0v) is 43.0. The lowest BCUT2D eigenvalue weighted by Gasteiger charge is -2.47. The Hall–Kier alpha value is -3.57. The number of ether oxygens (including phenoxy) is 8. The summed E-state index contributed by atoms with van der Waals surface area (Å²) in [6.45, 7) is 10.0. The number of oxime groups is 1. The zero-order chi connectivity index (χ0) is 50.5. The number of methoxy groups -OCH3 is 2. The third kappa shape index (κ3) is 14.8. The summed E-state index contributed by atoms with van der Waals surface area (Å²) in [7, 11) is 6.66. The molecular weight excluding hydrogens is 925 g/mol. The second-order valence-corrected chi connectivity index (χ2v) is 20.6. The second kappa shape index (κ2) is 26.9. The van der Waals surface area contributed by atoms with Crippen LogP contribution in [0.1, 0.15) is 78.0 Å². The molecule has 6 rings (SSSR count). The molecule has 5 heterocycles. The van der Waals surface area contributed by atoms with Gasteiger partial charge in [-0.05, 0) is 84.2 Å². The number of aliphatic hydroxyl groups is 3. The molecule has 1 unspecified atom stereocenters. The Kier molecular flexibility index (Phi) is 21.4. The standard InChI is InChI=1S/C51H76N4O14S/c1-10-40-34(24-64-41-15-14-39(57)49(61-8)50(41)62-9)19-29(2)11-13-38(56)30(3)20-33-17-18-63-25-36(54-66-27-37-12-16-43(70-37)35-22-52-28-53-23-35)26-65-42(21-44(58)68-40)31(4)48(33)69-51-47(60)45(55(6)7)46(59)32(5)67-51/h11-13,16,19,22-23,28,30-34,39-42,45-51,57,59-60H,10,14-15,17-18,20-21,24-27H2,1-9H3/b13-11+,29-19+,54-36+/t30-,31+,32-,33?,34-,39-,40-,41-,42-,45+,46-,47-,48-,49-,50+,51+/m1/s1.